The van der Waals surface area contributed by atoms with Crippen molar-refractivity contribution < 1.29 is 28.2 Å². The molecule has 1 N–H and O–H groups in total. The molecular weight excluding hydrogens is 567 g/mol. The predicted molar refractivity (Wildman–Crippen MR) is 162 cm³/mol. The lowest BCUT2D eigenvalue weighted by Crippen LogP contribution is -2.63. The van der Waals surface area contributed by atoms with Crippen LogP contribution in [0.15, 0.2) is 54.9 Å². The van der Waals surface area contributed by atoms with Crippen LogP contribution in [0.5, 0.6) is 17.4 Å². The SMILES string of the molecule is COc1ncc(C(=O)N2CCN(C(C)C(=O)Nc3ccc(Oc4ccc(F)cc4)cn3)CC2(C)C)cc1CN1CCOCC1. The van der Waals surface area contributed by atoms with Crippen molar-refractivity contribution >= 4 is 17.6 Å². The Labute approximate surface area is 256 Å². The van der Waals surface area contributed by atoms with Crippen LogP contribution >= 0.6 is 0 Å². The van der Waals surface area contributed by atoms with Gasteiger partial charge in [-0.25, -0.2) is 14.4 Å². The maximum Gasteiger partial charge on any atom is 0.255 e. The first-order chi connectivity index (χ1) is 21.1. The average Bonchev–Trinajstić information content (AvgIpc) is 3.02. The number of carbonyl (C=O) groups excluding carboxylic acids is 2. The summed E-state index contributed by atoms with van der Waals surface area (Å²) in [7, 11) is 1.59. The van der Waals surface area contributed by atoms with Crippen molar-refractivity contribution in [2.45, 2.75) is 38.9 Å². The van der Waals surface area contributed by atoms with Crippen LogP contribution in [0.4, 0.5) is 10.2 Å². The van der Waals surface area contributed by atoms with Crippen molar-refractivity contribution in [3.8, 4) is 17.4 Å². The number of rotatable bonds is 9. The first-order valence-electron chi connectivity index (χ1n) is 14.7. The Morgan fingerprint density at radius 1 is 1.02 bits per heavy atom. The second-order valence-corrected chi connectivity index (χ2v) is 11.6. The lowest BCUT2D eigenvalue weighted by Gasteiger charge is -2.48. The van der Waals surface area contributed by atoms with Gasteiger partial charge in [-0.15, -0.1) is 0 Å². The van der Waals surface area contributed by atoms with E-state index in [1.165, 1.54) is 30.5 Å². The molecule has 234 valence electrons. The molecule has 2 saturated heterocycles. The summed E-state index contributed by atoms with van der Waals surface area (Å²) in [5, 5.41) is 2.87. The van der Waals surface area contributed by atoms with Gasteiger partial charge in [-0.3, -0.25) is 19.4 Å². The van der Waals surface area contributed by atoms with Gasteiger partial charge in [-0.2, -0.15) is 0 Å². The second-order valence-electron chi connectivity index (χ2n) is 11.6. The fourth-order valence-corrected chi connectivity index (χ4v) is 5.52. The molecule has 44 heavy (non-hydrogen) atoms. The molecule has 0 spiro atoms. The van der Waals surface area contributed by atoms with Crippen LogP contribution < -0.4 is 14.8 Å². The van der Waals surface area contributed by atoms with E-state index in [0.29, 0.717) is 68.2 Å². The number of amides is 2. The molecule has 5 rings (SSSR count). The number of halogens is 1. The van der Waals surface area contributed by atoms with Gasteiger partial charge < -0.3 is 24.4 Å². The van der Waals surface area contributed by atoms with E-state index in [0.717, 1.165) is 18.7 Å². The fraction of sp³-hybridized carbons (Fsp3) is 0.438. The molecule has 2 aliphatic rings. The van der Waals surface area contributed by atoms with Crippen LogP contribution in [-0.2, 0) is 16.1 Å². The van der Waals surface area contributed by atoms with Crippen molar-refractivity contribution in [1.82, 2.24) is 24.7 Å². The number of hydrogen-bond acceptors (Lipinski definition) is 9. The van der Waals surface area contributed by atoms with E-state index in [2.05, 4.69) is 25.1 Å². The molecule has 0 aliphatic carbocycles. The van der Waals surface area contributed by atoms with Crippen LogP contribution in [0.1, 0.15) is 36.7 Å². The largest absolute Gasteiger partial charge is 0.481 e. The highest BCUT2D eigenvalue weighted by Crippen LogP contribution is 2.27. The summed E-state index contributed by atoms with van der Waals surface area (Å²) in [5.41, 5.74) is 0.844. The number of methoxy groups -OCH3 is 1. The van der Waals surface area contributed by atoms with Gasteiger partial charge in [-0.05, 0) is 63.2 Å². The van der Waals surface area contributed by atoms with Gasteiger partial charge in [0.1, 0.15) is 23.1 Å². The van der Waals surface area contributed by atoms with Gasteiger partial charge in [0.25, 0.3) is 5.91 Å². The molecule has 1 aromatic carbocycles. The van der Waals surface area contributed by atoms with Crippen molar-refractivity contribution in [2.75, 3.05) is 58.4 Å². The van der Waals surface area contributed by atoms with E-state index >= 15 is 0 Å². The smallest absolute Gasteiger partial charge is 0.255 e. The summed E-state index contributed by atoms with van der Waals surface area (Å²) >= 11 is 0. The van der Waals surface area contributed by atoms with E-state index in [9.17, 15) is 14.0 Å². The van der Waals surface area contributed by atoms with Crippen LogP contribution in [0.25, 0.3) is 0 Å². The standard InChI is InChI=1S/C32H39FN6O5/c1-22(29(40)36-28-10-9-27(19-34-28)44-26-7-5-25(33)6-8-26)38-11-12-39(32(2,3)21-38)31(41)23-17-24(30(42-4)35-18-23)20-37-13-15-43-16-14-37/h5-10,17-19,22H,11-16,20-21H2,1-4H3,(H,34,36,40). The monoisotopic (exact) mass is 606 g/mol. The van der Waals surface area contributed by atoms with Gasteiger partial charge in [0.05, 0.1) is 43.7 Å². The zero-order valence-corrected chi connectivity index (χ0v) is 25.6. The number of nitrogens with zero attached hydrogens (tertiary/aromatic N) is 5. The number of aromatic nitrogens is 2. The lowest BCUT2D eigenvalue weighted by atomic mass is 9.96. The number of anilines is 1. The minimum absolute atomic E-state index is 0.0997. The summed E-state index contributed by atoms with van der Waals surface area (Å²) < 4.78 is 29.7. The minimum Gasteiger partial charge on any atom is -0.481 e. The first-order valence-corrected chi connectivity index (χ1v) is 14.7. The number of carbonyl (C=O) groups is 2. The van der Waals surface area contributed by atoms with E-state index in [4.69, 9.17) is 14.2 Å². The molecule has 12 heteroatoms. The molecule has 4 heterocycles. The van der Waals surface area contributed by atoms with Crippen LogP contribution in [0.2, 0.25) is 0 Å². The summed E-state index contributed by atoms with van der Waals surface area (Å²) in [5.74, 6) is 1.20. The minimum atomic E-state index is -0.536. The number of morpholine rings is 1. The summed E-state index contributed by atoms with van der Waals surface area (Å²) in [6.45, 7) is 11.0. The molecule has 2 aliphatic heterocycles. The third-order valence-corrected chi connectivity index (χ3v) is 8.00. The van der Waals surface area contributed by atoms with Gasteiger partial charge in [-0.1, -0.05) is 0 Å². The molecule has 0 bridgehead atoms. The van der Waals surface area contributed by atoms with E-state index in [1.54, 1.807) is 25.4 Å². The quantitative estimate of drug-likeness (QED) is 0.389. The Morgan fingerprint density at radius 3 is 2.41 bits per heavy atom. The van der Waals surface area contributed by atoms with Crippen LogP contribution in [-0.4, -0.2) is 101 Å². The van der Waals surface area contributed by atoms with Crippen LogP contribution in [0, 0.1) is 5.82 Å². The molecule has 0 radical (unpaired) electrons. The molecule has 3 aromatic rings. The van der Waals surface area contributed by atoms with Gasteiger partial charge in [0.2, 0.25) is 11.8 Å². The number of ether oxygens (including phenoxy) is 3. The molecular formula is C32H39FN6O5. The molecule has 0 saturated carbocycles. The predicted octanol–water partition coefficient (Wildman–Crippen LogP) is 3.81. The van der Waals surface area contributed by atoms with Crippen molar-refractivity contribution in [1.29, 1.82) is 0 Å². The number of benzene rings is 1. The van der Waals surface area contributed by atoms with Crippen molar-refractivity contribution in [3.63, 3.8) is 0 Å². The first kappa shape index (κ1) is 31.3. The molecule has 11 nitrogen and oxygen atoms in total. The van der Waals surface area contributed by atoms with E-state index in [-0.39, 0.29) is 17.6 Å². The van der Waals surface area contributed by atoms with Crippen LogP contribution in [0.3, 0.4) is 0 Å². The summed E-state index contributed by atoms with van der Waals surface area (Å²) in [6, 6.07) is 10.4. The van der Waals surface area contributed by atoms with Gasteiger partial charge >= 0.3 is 0 Å². The Kier molecular flexibility index (Phi) is 9.72. The highest BCUT2D eigenvalue weighted by Gasteiger charge is 2.40. The van der Waals surface area contributed by atoms with E-state index < -0.39 is 11.6 Å². The molecule has 1 unspecified atom stereocenters. The maximum atomic E-state index is 13.7. The second kappa shape index (κ2) is 13.7. The Balaban J connectivity index is 1.18. The Bertz CT molecular complexity index is 1450. The fourth-order valence-electron chi connectivity index (χ4n) is 5.52. The number of piperazine rings is 1. The van der Waals surface area contributed by atoms with E-state index in [1.807, 2.05) is 31.7 Å². The zero-order valence-electron chi connectivity index (χ0n) is 25.6. The molecule has 1 atom stereocenters. The number of pyridine rings is 2. The Hall–Kier alpha value is -4.13. The summed E-state index contributed by atoms with van der Waals surface area (Å²) in [4.78, 5) is 41.8. The highest BCUT2D eigenvalue weighted by molar-refractivity contribution is 5.95. The molecule has 2 fully saturated rings. The van der Waals surface area contributed by atoms with Crippen molar-refractivity contribution in [2.24, 2.45) is 0 Å². The van der Waals surface area contributed by atoms with Crippen molar-refractivity contribution in [3.05, 3.63) is 71.8 Å². The Morgan fingerprint density at radius 2 is 1.75 bits per heavy atom. The van der Waals surface area contributed by atoms with Gasteiger partial charge in [0, 0.05) is 51.0 Å². The third kappa shape index (κ3) is 7.50. The normalized spacial score (nSPS) is 18.0. The zero-order chi connectivity index (χ0) is 31.3. The maximum absolute atomic E-state index is 13.7. The lowest BCUT2D eigenvalue weighted by molar-refractivity contribution is -0.122. The molecule has 2 aromatic heterocycles. The topological polar surface area (TPSA) is 109 Å². The highest BCUT2D eigenvalue weighted by atomic mass is 19.1. The summed E-state index contributed by atoms with van der Waals surface area (Å²) in [6.07, 6.45) is 3.07. The number of hydrogen-bond donors (Lipinski definition) is 1. The molecule has 2 amide bonds. The van der Waals surface area contributed by atoms with Gasteiger partial charge in [0.15, 0.2) is 0 Å². The third-order valence-electron chi connectivity index (χ3n) is 8.00. The number of nitrogens with one attached hydrogen (secondary N) is 1. The average molecular weight is 607 g/mol.